The summed E-state index contributed by atoms with van der Waals surface area (Å²) in [6.45, 7) is 4.40. The Labute approximate surface area is 193 Å². The number of benzene rings is 2. The molecule has 0 aliphatic carbocycles. The first-order valence-electron chi connectivity index (χ1n) is 10.5. The Morgan fingerprint density at radius 2 is 1.65 bits per heavy atom. The van der Waals surface area contributed by atoms with Gasteiger partial charge in [0.1, 0.15) is 6.04 Å². The van der Waals surface area contributed by atoms with Crippen molar-refractivity contribution in [2.24, 2.45) is 0 Å². The van der Waals surface area contributed by atoms with Gasteiger partial charge in [0.15, 0.2) is 0 Å². The number of fused-ring (bicyclic) bond motifs is 1. The number of aromatic nitrogens is 2. The van der Waals surface area contributed by atoms with Crippen LogP contribution in [0.15, 0.2) is 48.5 Å². The number of nitrogens with zero attached hydrogens (tertiary/aromatic N) is 3. The molecule has 2 heterocycles. The highest BCUT2D eigenvalue weighted by atomic mass is 19.4. The highest BCUT2D eigenvalue weighted by Crippen LogP contribution is 2.34. The van der Waals surface area contributed by atoms with E-state index in [2.05, 4.69) is 10.4 Å². The maximum absolute atomic E-state index is 13.8. The van der Waals surface area contributed by atoms with Crippen molar-refractivity contribution in [3.05, 3.63) is 82.2 Å². The average molecular weight is 470 g/mol. The number of amides is 3. The Morgan fingerprint density at radius 3 is 2.18 bits per heavy atom. The molecule has 1 aromatic heterocycles. The van der Waals surface area contributed by atoms with Gasteiger partial charge in [-0.25, -0.2) is 4.68 Å². The monoisotopic (exact) mass is 470 g/mol. The topological polar surface area (TPSA) is 84.3 Å². The van der Waals surface area contributed by atoms with Gasteiger partial charge < -0.3 is 5.32 Å². The van der Waals surface area contributed by atoms with E-state index in [1.54, 1.807) is 32.0 Å². The number of imide groups is 1. The Kier molecular flexibility index (Phi) is 5.76. The number of hydrogen-bond donors (Lipinski definition) is 1. The van der Waals surface area contributed by atoms with E-state index < -0.39 is 42.0 Å². The van der Waals surface area contributed by atoms with Crippen molar-refractivity contribution in [2.45, 2.75) is 39.5 Å². The number of hydrogen-bond acceptors (Lipinski definition) is 4. The zero-order valence-corrected chi connectivity index (χ0v) is 18.6. The summed E-state index contributed by atoms with van der Waals surface area (Å²) >= 11 is 0. The molecule has 2 aromatic carbocycles. The molecule has 1 unspecified atom stereocenters. The van der Waals surface area contributed by atoms with Crippen LogP contribution in [-0.4, -0.2) is 38.4 Å². The predicted molar refractivity (Wildman–Crippen MR) is 116 cm³/mol. The van der Waals surface area contributed by atoms with Gasteiger partial charge in [-0.1, -0.05) is 18.2 Å². The van der Waals surface area contributed by atoms with Crippen molar-refractivity contribution in [2.75, 3.05) is 0 Å². The predicted octanol–water partition coefficient (Wildman–Crippen LogP) is 3.81. The molecule has 3 aromatic rings. The van der Waals surface area contributed by atoms with Gasteiger partial charge in [0.05, 0.1) is 28.1 Å². The zero-order valence-electron chi connectivity index (χ0n) is 18.6. The van der Waals surface area contributed by atoms with E-state index in [0.717, 1.165) is 11.0 Å². The van der Waals surface area contributed by atoms with E-state index in [-0.39, 0.29) is 22.4 Å². The fourth-order valence-electron chi connectivity index (χ4n) is 4.01. The van der Waals surface area contributed by atoms with Crippen molar-refractivity contribution < 1.29 is 27.6 Å². The molecule has 3 amide bonds. The lowest BCUT2D eigenvalue weighted by atomic mass is 10.1. The highest BCUT2D eigenvalue weighted by Gasteiger charge is 2.41. The van der Waals surface area contributed by atoms with Crippen LogP contribution in [0.5, 0.6) is 0 Å². The van der Waals surface area contributed by atoms with Crippen molar-refractivity contribution >= 4 is 17.7 Å². The number of aryl methyl sites for hydroxylation is 2. The molecular formula is C24H21F3N4O3. The maximum Gasteiger partial charge on any atom is 0.416 e. The summed E-state index contributed by atoms with van der Waals surface area (Å²) in [6.07, 6.45) is -4.67. The van der Waals surface area contributed by atoms with Crippen molar-refractivity contribution in [1.29, 1.82) is 0 Å². The van der Waals surface area contributed by atoms with Crippen molar-refractivity contribution in [3.8, 4) is 5.69 Å². The fraction of sp³-hybridized carbons (Fsp3) is 0.250. The third-order valence-corrected chi connectivity index (χ3v) is 5.70. The van der Waals surface area contributed by atoms with Crippen LogP contribution in [0.4, 0.5) is 13.2 Å². The number of nitrogens with one attached hydrogen (secondary N) is 1. The van der Waals surface area contributed by atoms with E-state index in [9.17, 15) is 27.6 Å². The largest absolute Gasteiger partial charge is 0.416 e. The Morgan fingerprint density at radius 1 is 1.03 bits per heavy atom. The second kappa shape index (κ2) is 8.44. The Hall–Kier alpha value is -3.95. The molecule has 1 atom stereocenters. The summed E-state index contributed by atoms with van der Waals surface area (Å²) < 4.78 is 42.8. The minimum atomic E-state index is -4.67. The van der Waals surface area contributed by atoms with Crippen LogP contribution < -0.4 is 5.32 Å². The van der Waals surface area contributed by atoms with E-state index >= 15 is 0 Å². The standard InChI is InChI=1S/C24H21F3N4O3/c1-13-10-14(2)31(29-13)17-9-8-16(20(11-17)24(25,26)27)12-28-21(32)15(3)30-22(33)18-6-4-5-7-19(18)23(30)34/h4-11,15H,12H2,1-3H3,(H,28,32). The molecule has 0 saturated heterocycles. The molecule has 4 rings (SSSR count). The first kappa shape index (κ1) is 23.2. The summed E-state index contributed by atoms with van der Waals surface area (Å²) in [5.41, 5.74) is 0.905. The van der Waals surface area contributed by atoms with E-state index in [1.807, 2.05) is 0 Å². The number of halogens is 3. The minimum absolute atomic E-state index is 0.152. The van der Waals surface area contributed by atoms with Gasteiger partial charge >= 0.3 is 6.18 Å². The van der Waals surface area contributed by atoms with Crippen molar-refractivity contribution in [1.82, 2.24) is 20.0 Å². The van der Waals surface area contributed by atoms with Gasteiger partial charge in [0.25, 0.3) is 11.8 Å². The smallest absolute Gasteiger partial charge is 0.350 e. The van der Waals surface area contributed by atoms with E-state index in [0.29, 0.717) is 11.4 Å². The third-order valence-electron chi connectivity index (χ3n) is 5.70. The van der Waals surface area contributed by atoms with Crippen LogP contribution in [0.25, 0.3) is 5.69 Å². The number of rotatable bonds is 5. The molecular weight excluding hydrogens is 449 g/mol. The molecule has 1 N–H and O–H groups in total. The Balaban J connectivity index is 1.54. The third kappa shape index (κ3) is 4.07. The minimum Gasteiger partial charge on any atom is -0.350 e. The van der Waals surface area contributed by atoms with E-state index in [4.69, 9.17) is 0 Å². The quantitative estimate of drug-likeness (QED) is 0.575. The second-order valence-electron chi connectivity index (χ2n) is 8.10. The van der Waals surface area contributed by atoms with Gasteiger partial charge in [-0.3, -0.25) is 19.3 Å². The SMILES string of the molecule is Cc1cc(C)n(-c2ccc(CNC(=O)C(C)N3C(=O)c4ccccc4C3=O)c(C(F)(F)F)c2)n1. The second-order valence-corrected chi connectivity index (χ2v) is 8.10. The molecule has 0 bridgehead atoms. The molecule has 0 fully saturated rings. The van der Waals surface area contributed by atoms with Crippen LogP contribution in [-0.2, 0) is 17.5 Å². The van der Waals surface area contributed by atoms with Crippen LogP contribution in [0, 0.1) is 13.8 Å². The van der Waals surface area contributed by atoms with Gasteiger partial charge in [-0.2, -0.15) is 18.3 Å². The van der Waals surface area contributed by atoms with Crippen LogP contribution in [0.2, 0.25) is 0 Å². The van der Waals surface area contributed by atoms with Gasteiger partial charge in [0, 0.05) is 12.2 Å². The maximum atomic E-state index is 13.8. The summed E-state index contributed by atoms with van der Waals surface area (Å²) in [7, 11) is 0. The van der Waals surface area contributed by atoms with Crippen LogP contribution in [0.3, 0.4) is 0 Å². The first-order chi connectivity index (χ1) is 16.0. The molecule has 34 heavy (non-hydrogen) atoms. The highest BCUT2D eigenvalue weighted by molar-refractivity contribution is 6.22. The average Bonchev–Trinajstić information content (AvgIpc) is 3.26. The normalized spacial score (nSPS) is 14.4. The van der Waals surface area contributed by atoms with Crippen LogP contribution >= 0.6 is 0 Å². The molecule has 0 radical (unpaired) electrons. The van der Waals surface area contributed by atoms with Crippen molar-refractivity contribution in [3.63, 3.8) is 0 Å². The fourth-order valence-corrected chi connectivity index (χ4v) is 4.01. The number of alkyl halides is 3. The number of carbonyl (C=O) groups excluding carboxylic acids is 3. The van der Waals surface area contributed by atoms with Gasteiger partial charge in [-0.15, -0.1) is 0 Å². The summed E-state index contributed by atoms with van der Waals surface area (Å²) in [6, 6.07) is 10.5. The lowest BCUT2D eigenvalue weighted by molar-refractivity contribution is -0.138. The molecule has 0 saturated carbocycles. The van der Waals surface area contributed by atoms with Gasteiger partial charge in [-0.05, 0) is 56.7 Å². The van der Waals surface area contributed by atoms with Gasteiger partial charge in [0.2, 0.25) is 5.91 Å². The molecule has 0 spiro atoms. The molecule has 1 aliphatic heterocycles. The first-order valence-corrected chi connectivity index (χ1v) is 10.5. The number of carbonyl (C=O) groups is 3. The zero-order chi connectivity index (χ0) is 24.8. The summed E-state index contributed by atoms with van der Waals surface area (Å²) in [5, 5.41) is 6.64. The van der Waals surface area contributed by atoms with E-state index in [1.165, 1.54) is 35.9 Å². The molecule has 1 aliphatic rings. The summed E-state index contributed by atoms with van der Waals surface area (Å²) in [4.78, 5) is 38.7. The molecule has 10 heteroatoms. The Bertz CT molecular complexity index is 1280. The lowest BCUT2D eigenvalue weighted by Crippen LogP contribution is -2.47. The van der Waals surface area contributed by atoms with Crippen LogP contribution in [0.1, 0.15) is 50.2 Å². The molecule has 176 valence electrons. The molecule has 7 nitrogen and oxygen atoms in total. The summed E-state index contributed by atoms with van der Waals surface area (Å²) in [5.74, 6) is -1.98. The lowest BCUT2D eigenvalue weighted by Gasteiger charge is -2.22.